The highest BCUT2D eigenvalue weighted by Gasteiger charge is 2.45. The van der Waals surface area contributed by atoms with Crippen LogP contribution in [0, 0.1) is 30.4 Å². The van der Waals surface area contributed by atoms with Gasteiger partial charge < -0.3 is 15.2 Å². The van der Waals surface area contributed by atoms with Gasteiger partial charge in [0.2, 0.25) is 0 Å². The molecule has 1 heterocycles. The molecule has 5 rings (SSSR count). The zero-order valence-electron chi connectivity index (χ0n) is 17.5. The van der Waals surface area contributed by atoms with Gasteiger partial charge in [0.15, 0.2) is 12.2 Å². The van der Waals surface area contributed by atoms with Gasteiger partial charge in [-0.2, -0.15) is 0 Å². The summed E-state index contributed by atoms with van der Waals surface area (Å²) in [6.45, 7) is 1.93. The first kappa shape index (κ1) is 20.4. The summed E-state index contributed by atoms with van der Waals surface area (Å²) in [5.74, 6) is 0.848. The van der Waals surface area contributed by atoms with E-state index in [4.69, 9.17) is 4.74 Å². The first-order valence-corrected chi connectivity index (χ1v) is 11.1. The molecular formula is C24H27F2N3O2. The maximum Gasteiger partial charge on any atom is 0.176 e. The summed E-state index contributed by atoms with van der Waals surface area (Å²) in [5.41, 5.74) is 2.14. The van der Waals surface area contributed by atoms with Crippen LogP contribution in [0.15, 0.2) is 29.3 Å². The number of hydrogen-bond donors (Lipinski definition) is 2. The number of halogens is 2. The molecule has 3 aliphatic carbocycles. The average molecular weight is 427 g/mol. The summed E-state index contributed by atoms with van der Waals surface area (Å²) in [6, 6.07) is 5.86. The Morgan fingerprint density at radius 2 is 1.97 bits per heavy atom. The van der Waals surface area contributed by atoms with Crippen LogP contribution < -0.4 is 5.32 Å². The summed E-state index contributed by atoms with van der Waals surface area (Å²) in [7, 11) is 0. The van der Waals surface area contributed by atoms with Crippen LogP contribution in [-0.4, -0.2) is 28.7 Å². The fourth-order valence-corrected chi connectivity index (χ4v) is 5.57. The van der Waals surface area contributed by atoms with E-state index in [1.54, 1.807) is 0 Å². The normalized spacial score (nSPS) is 29.4. The van der Waals surface area contributed by atoms with Gasteiger partial charge in [-0.15, -0.1) is 0 Å². The SMILES string of the molecule is Cc1ccc(NC2CCc3cc(F)cc(F)c32)nc1N=COC1CC[C@@H]2C(O)CC[C@H]12. The Bertz CT molecular complexity index is 1010. The van der Waals surface area contributed by atoms with E-state index in [2.05, 4.69) is 15.3 Å². The first-order chi connectivity index (χ1) is 15.0. The van der Waals surface area contributed by atoms with Gasteiger partial charge >= 0.3 is 0 Å². The standard InChI is InChI=1S/C24H27F2N3O2/c1-13-2-9-22(28-19-6-3-14-10-15(25)11-18(26)23(14)19)29-24(13)27-12-31-21-8-5-16-17(21)4-7-20(16)30/h2,9-12,16-17,19-21,30H,3-8H2,1H3,(H,28,29)/t16-,17-,19?,20?,21?/m0/s1. The molecule has 1 aromatic carbocycles. The molecule has 5 nitrogen and oxygen atoms in total. The molecular weight excluding hydrogens is 400 g/mol. The molecule has 0 spiro atoms. The zero-order chi connectivity index (χ0) is 21.5. The maximum absolute atomic E-state index is 14.3. The summed E-state index contributed by atoms with van der Waals surface area (Å²) >= 11 is 0. The number of aliphatic imine (C=N–C) groups is 1. The first-order valence-electron chi connectivity index (χ1n) is 11.1. The van der Waals surface area contributed by atoms with Crippen molar-refractivity contribution in [3.05, 3.63) is 52.6 Å². The monoisotopic (exact) mass is 427 g/mol. The van der Waals surface area contributed by atoms with E-state index in [1.807, 2.05) is 19.1 Å². The molecule has 1 aromatic heterocycles. The molecule has 31 heavy (non-hydrogen) atoms. The molecule has 0 radical (unpaired) electrons. The number of hydrogen-bond acceptors (Lipinski definition) is 5. The number of rotatable bonds is 5. The third kappa shape index (κ3) is 3.91. The van der Waals surface area contributed by atoms with Crippen molar-refractivity contribution in [1.29, 1.82) is 0 Å². The van der Waals surface area contributed by atoms with Gasteiger partial charge in [-0.25, -0.2) is 18.8 Å². The highest BCUT2D eigenvalue weighted by molar-refractivity contribution is 5.58. The number of aryl methyl sites for hydroxylation is 2. The van der Waals surface area contributed by atoms with Gasteiger partial charge in [0.05, 0.1) is 12.1 Å². The number of aromatic nitrogens is 1. The van der Waals surface area contributed by atoms with Crippen molar-refractivity contribution in [3.8, 4) is 0 Å². The molecule has 164 valence electrons. The number of ether oxygens (including phenoxy) is 1. The molecule has 0 saturated heterocycles. The van der Waals surface area contributed by atoms with Crippen molar-refractivity contribution >= 4 is 18.0 Å². The number of aliphatic hydroxyl groups excluding tert-OH is 1. The minimum Gasteiger partial charge on any atom is -0.480 e. The van der Waals surface area contributed by atoms with Crippen LogP contribution in [-0.2, 0) is 11.2 Å². The zero-order valence-corrected chi connectivity index (χ0v) is 17.5. The lowest BCUT2D eigenvalue weighted by Crippen LogP contribution is -2.21. The molecule has 5 atom stereocenters. The molecule has 2 fully saturated rings. The highest BCUT2D eigenvalue weighted by atomic mass is 19.1. The number of benzene rings is 1. The largest absolute Gasteiger partial charge is 0.480 e. The number of anilines is 1. The molecule has 7 heteroatoms. The number of pyridine rings is 1. The average Bonchev–Trinajstić information content (AvgIpc) is 3.42. The van der Waals surface area contributed by atoms with Gasteiger partial charge in [-0.1, -0.05) is 6.07 Å². The topological polar surface area (TPSA) is 66.7 Å². The summed E-state index contributed by atoms with van der Waals surface area (Å²) in [5, 5.41) is 13.3. The van der Waals surface area contributed by atoms with E-state index < -0.39 is 11.6 Å². The quantitative estimate of drug-likeness (QED) is 0.521. The number of nitrogens with one attached hydrogen (secondary N) is 1. The van der Waals surface area contributed by atoms with E-state index in [-0.39, 0.29) is 18.2 Å². The van der Waals surface area contributed by atoms with Crippen LogP contribution in [0.4, 0.5) is 20.4 Å². The second-order valence-electron chi connectivity index (χ2n) is 8.99. The van der Waals surface area contributed by atoms with Crippen molar-refractivity contribution in [2.75, 3.05) is 5.32 Å². The molecule has 0 bridgehead atoms. The Morgan fingerprint density at radius 3 is 2.84 bits per heavy atom. The number of aliphatic hydroxyl groups is 1. The summed E-state index contributed by atoms with van der Waals surface area (Å²) < 4.78 is 33.7. The van der Waals surface area contributed by atoms with Crippen LogP contribution in [0.2, 0.25) is 0 Å². The van der Waals surface area contributed by atoms with Crippen LogP contribution in [0.25, 0.3) is 0 Å². The minimum atomic E-state index is -0.539. The van der Waals surface area contributed by atoms with E-state index >= 15 is 0 Å². The van der Waals surface area contributed by atoms with E-state index in [9.17, 15) is 13.9 Å². The van der Waals surface area contributed by atoms with Crippen molar-refractivity contribution in [3.63, 3.8) is 0 Å². The molecule has 0 aliphatic heterocycles. The van der Waals surface area contributed by atoms with Gasteiger partial charge in [0.1, 0.15) is 23.6 Å². The Labute approximate surface area is 180 Å². The van der Waals surface area contributed by atoms with E-state index in [0.717, 1.165) is 37.3 Å². The van der Waals surface area contributed by atoms with Gasteiger partial charge in [0.25, 0.3) is 0 Å². The van der Waals surface area contributed by atoms with Crippen LogP contribution >= 0.6 is 0 Å². The number of fused-ring (bicyclic) bond motifs is 2. The molecule has 0 amide bonds. The van der Waals surface area contributed by atoms with Crippen molar-refractivity contribution in [2.45, 2.75) is 63.7 Å². The van der Waals surface area contributed by atoms with Crippen LogP contribution in [0.3, 0.4) is 0 Å². The molecule has 3 unspecified atom stereocenters. The van der Waals surface area contributed by atoms with Crippen LogP contribution in [0.5, 0.6) is 0 Å². The van der Waals surface area contributed by atoms with Gasteiger partial charge in [-0.3, -0.25) is 0 Å². The molecule has 2 saturated carbocycles. The van der Waals surface area contributed by atoms with Crippen molar-refractivity contribution in [1.82, 2.24) is 4.98 Å². The maximum atomic E-state index is 14.3. The van der Waals surface area contributed by atoms with Gasteiger partial charge in [0, 0.05) is 17.5 Å². The lowest BCUT2D eigenvalue weighted by atomic mass is 9.98. The fraction of sp³-hybridized carbons (Fsp3) is 0.500. The Hall–Kier alpha value is -2.54. The van der Waals surface area contributed by atoms with Crippen molar-refractivity contribution < 1.29 is 18.6 Å². The third-order valence-electron chi connectivity index (χ3n) is 7.14. The highest BCUT2D eigenvalue weighted by Crippen LogP contribution is 2.45. The second-order valence-corrected chi connectivity index (χ2v) is 8.99. The van der Waals surface area contributed by atoms with E-state index in [0.29, 0.717) is 47.4 Å². The number of nitrogens with zero attached hydrogens (tertiary/aromatic N) is 2. The minimum absolute atomic E-state index is 0.103. The predicted molar refractivity (Wildman–Crippen MR) is 114 cm³/mol. The molecule has 2 aromatic rings. The Kier molecular flexibility index (Phi) is 5.38. The third-order valence-corrected chi connectivity index (χ3v) is 7.14. The second kappa shape index (κ2) is 8.19. The van der Waals surface area contributed by atoms with Crippen molar-refractivity contribution in [2.24, 2.45) is 16.8 Å². The predicted octanol–water partition coefficient (Wildman–Crippen LogP) is 4.99. The lowest BCUT2D eigenvalue weighted by Gasteiger charge is -2.18. The summed E-state index contributed by atoms with van der Waals surface area (Å²) in [4.78, 5) is 9.00. The summed E-state index contributed by atoms with van der Waals surface area (Å²) in [6.07, 6.45) is 6.51. The molecule has 3 aliphatic rings. The van der Waals surface area contributed by atoms with Crippen LogP contribution in [0.1, 0.15) is 54.8 Å². The molecule has 2 N–H and O–H groups in total. The lowest BCUT2D eigenvalue weighted by molar-refractivity contribution is 0.108. The van der Waals surface area contributed by atoms with E-state index in [1.165, 1.54) is 12.5 Å². The smallest absolute Gasteiger partial charge is 0.176 e. The Morgan fingerprint density at radius 1 is 1.13 bits per heavy atom. The van der Waals surface area contributed by atoms with Gasteiger partial charge in [-0.05, 0) is 74.6 Å². The Balaban J connectivity index is 1.27. The fourth-order valence-electron chi connectivity index (χ4n) is 5.57.